The average molecular weight is 140 g/mol. The number of nitrogens with zero attached hydrogens (tertiary/aromatic N) is 1. The first-order chi connectivity index (χ1) is 4.81. The quantitative estimate of drug-likeness (QED) is 0.520. The molecule has 0 aliphatic carbocycles. The minimum atomic E-state index is 0.185. The molecule has 1 unspecified atom stereocenters. The van der Waals surface area contributed by atoms with Gasteiger partial charge in [0.25, 0.3) is 0 Å². The van der Waals surface area contributed by atoms with Crippen LogP contribution in [0.5, 0.6) is 0 Å². The summed E-state index contributed by atoms with van der Waals surface area (Å²) in [4.78, 5) is 4.30. The van der Waals surface area contributed by atoms with Gasteiger partial charge in [-0.25, -0.2) is 0 Å². The predicted octanol–water partition coefficient (Wildman–Crippen LogP) is 0.167. The third kappa shape index (κ3) is 0.814. The smallest absolute Gasteiger partial charge is 0.0938 e. The zero-order chi connectivity index (χ0) is 7.03. The van der Waals surface area contributed by atoms with Gasteiger partial charge in [-0.3, -0.25) is 4.99 Å². The molecule has 0 aromatic carbocycles. The zero-order valence-corrected chi connectivity index (χ0v) is 6.18. The number of nitrogens with one attached hydrogen (secondary N) is 1. The van der Waals surface area contributed by atoms with Gasteiger partial charge in [-0.2, -0.15) is 0 Å². The summed E-state index contributed by atoms with van der Waals surface area (Å²) >= 11 is 0. The number of amidine groups is 1. The van der Waals surface area contributed by atoms with Crippen molar-refractivity contribution in [1.82, 2.24) is 5.32 Å². The number of hydrogen-bond acceptors (Lipinski definition) is 3. The number of aliphatic imine (C=N–C) groups is 1. The van der Waals surface area contributed by atoms with E-state index in [0.29, 0.717) is 0 Å². The van der Waals surface area contributed by atoms with Crippen LogP contribution in [-0.4, -0.2) is 31.1 Å². The molecule has 0 saturated carbocycles. The van der Waals surface area contributed by atoms with Crippen LogP contribution in [0.3, 0.4) is 0 Å². The van der Waals surface area contributed by atoms with Gasteiger partial charge in [0.2, 0.25) is 0 Å². The van der Waals surface area contributed by atoms with Crippen molar-refractivity contribution in [2.75, 3.05) is 19.8 Å². The maximum atomic E-state index is 5.29. The summed E-state index contributed by atoms with van der Waals surface area (Å²) in [7, 11) is 0. The second-order valence-corrected chi connectivity index (χ2v) is 3.11. The SMILES string of the molecule is CC1=NCC2(CCOC2)N1. The molecule has 3 nitrogen and oxygen atoms in total. The third-order valence-electron chi connectivity index (χ3n) is 2.17. The number of rotatable bonds is 0. The largest absolute Gasteiger partial charge is 0.379 e. The second kappa shape index (κ2) is 1.95. The molecule has 0 radical (unpaired) electrons. The maximum Gasteiger partial charge on any atom is 0.0938 e. The highest BCUT2D eigenvalue weighted by Crippen LogP contribution is 2.22. The fourth-order valence-corrected chi connectivity index (χ4v) is 1.56. The molecule has 1 saturated heterocycles. The minimum Gasteiger partial charge on any atom is -0.379 e. The van der Waals surface area contributed by atoms with E-state index in [9.17, 15) is 0 Å². The Kier molecular flexibility index (Phi) is 1.20. The molecule has 1 spiro atoms. The summed E-state index contributed by atoms with van der Waals surface area (Å²) in [6, 6.07) is 0. The van der Waals surface area contributed by atoms with E-state index in [0.717, 1.165) is 32.0 Å². The van der Waals surface area contributed by atoms with E-state index < -0.39 is 0 Å². The van der Waals surface area contributed by atoms with Crippen molar-refractivity contribution in [2.24, 2.45) is 4.99 Å². The molecule has 1 N–H and O–H groups in total. The monoisotopic (exact) mass is 140 g/mol. The van der Waals surface area contributed by atoms with Crippen LogP contribution in [0.15, 0.2) is 4.99 Å². The molecule has 10 heavy (non-hydrogen) atoms. The summed E-state index contributed by atoms with van der Waals surface area (Å²) in [5.74, 6) is 1.06. The first-order valence-electron chi connectivity index (χ1n) is 3.68. The first kappa shape index (κ1) is 6.16. The maximum absolute atomic E-state index is 5.29. The molecule has 2 rings (SSSR count). The number of hydrogen-bond donors (Lipinski definition) is 1. The molecule has 0 amide bonds. The summed E-state index contributed by atoms with van der Waals surface area (Å²) < 4.78 is 5.29. The molecule has 0 aromatic heterocycles. The average Bonchev–Trinajstić information content (AvgIpc) is 2.46. The Bertz CT molecular complexity index is 170. The molecule has 0 aromatic rings. The molecule has 0 bridgehead atoms. The fourth-order valence-electron chi connectivity index (χ4n) is 1.56. The minimum absolute atomic E-state index is 0.185. The van der Waals surface area contributed by atoms with Crippen LogP contribution in [0.2, 0.25) is 0 Å². The van der Waals surface area contributed by atoms with Gasteiger partial charge in [-0.05, 0) is 13.3 Å². The fraction of sp³-hybridized carbons (Fsp3) is 0.857. The van der Waals surface area contributed by atoms with Gasteiger partial charge in [0.15, 0.2) is 0 Å². The molecule has 1 atom stereocenters. The van der Waals surface area contributed by atoms with Gasteiger partial charge in [0, 0.05) is 6.61 Å². The van der Waals surface area contributed by atoms with Gasteiger partial charge in [-0.15, -0.1) is 0 Å². The lowest BCUT2D eigenvalue weighted by atomic mass is 10.0. The lowest BCUT2D eigenvalue weighted by Crippen LogP contribution is -2.45. The van der Waals surface area contributed by atoms with E-state index in [2.05, 4.69) is 10.3 Å². The van der Waals surface area contributed by atoms with Crippen molar-refractivity contribution in [1.29, 1.82) is 0 Å². The van der Waals surface area contributed by atoms with Gasteiger partial charge < -0.3 is 10.1 Å². The van der Waals surface area contributed by atoms with Crippen molar-refractivity contribution in [3.63, 3.8) is 0 Å². The van der Waals surface area contributed by atoms with Crippen molar-refractivity contribution in [3.05, 3.63) is 0 Å². The van der Waals surface area contributed by atoms with E-state index in [1.54, 1.807) is 0 Å². The van der Waals surface area contributed by atoms with Crippen LogP contribution >= 0.6 is 0 Å². The van der Waals surface area contributed by atoms with E-state index in [4.69, 9.17) is 4.74 Å². The van der Waals surface area contributed by atoms with Crippen LogP contribution in [0, 0.1) is 0 Å². The number of ether oxygens (including phenoxy) is 1. The summed E-state index contributed by atoms with van der Waals surface area (Å²) in [5.41, 5.74) is 0.185. The first-order valence-corrected chi connectivity index (χ1v) is 3.68. The lowest BCUT2D eigenvalue weighted by molar-refractivity contribution is 0.177. The second-order valence-electron chi connectivity index (χ2n) is 3.11. The Morgan fingerprint density at radius 3 is 3.10 bits per heavy atom. The normalized spacial score (nSPS) is 38.3. The molecular formula is C7H12N2O. The molecule has 2 aliphatic heterocycles. The molecule has 1 fully saturated rings. The van der Waals surface area contributed by atoms with E-state index in [1.807, 2.05) is 6.92 Å². The highest BCUT2D eigenvalue weighted by atomic mass is 16.5. The Balaban J connectivity index is 2.07. The van der Waals surface area contributed by atoms with Gasteiger partial charge in [-0.1, -0.05) is 0 Å². The van der Waals surface area contributed by atoms with Crippen LogP contribution in [-0.2, 0) is 4.74 Å². The standard InChI is InChI=1S/C7H12N2O/c1-6-8-4-7(9-6)2-3-10-5-7/h2-5H2,1H3,(H,8,9). The Morgan fingerprint density at radius 2 is 2.60 bits per heavy atom. The summed E-state index contributed by atoms with van der Waals surface area (Å²) in [6.45, 7) is 4.62. The van der Waals surface area contributed by atoms with Crippen LogP contribution in [0.1, 0.15) is 13.3 Å². The molecule has 2 aliphatic rings. The highest BCUT2D eigenvalue weighted by molar-refractivity contribution is 5.82. The lowest BCUT2D eigenvalue weighted by Gasteiger charge is -2.20. The molecular weight excluding hydrogens is 128 g/mol. The van der Waals surface area contributed by atoms with Gasteiger partial charge in [0.1, 0.15) is 0 Å². The van der Waals surface area contributed by atoms with E-state index in [-0.39, 0.29) is 5.54 Å². The summed E-state index contributed by atoms with van der Waals surface area (Å²) in [6.07, 6.45) is 1.10. The van der Waals surface area contributed by atoms with Gasteiger partial charge in [0.05, 0.1) is 24.5 Å². The van der Waals surface area contributed by atoms with Crippen molar-refractivity contribution in [3.8, 4) is 0 Å². The molecule has 3 heteroatoms. The topological polar surface area (TPSA) is 33.6 Å². The van der Waals surface area contributed by atoms with Crippen LogP contribution in [0.25, 0.3) is 0 Å². The van der Waals surface area contributed by atoms with Crippen LogP contribution < -0.4 is 5.32 Å². The molecule has 2 heterocycles. The van der Waals surface area contributed by atoms with Crippen molar-refractivity contribution < 1.29 is 4.74 Å². The van der Waals surface area contributed by atoms with Crippen LogP contribution in [0.4, 0.5) is 0 Å². The Morgan fingerprint density at radius 1 is 1.70 bits per heavy atom. The van der Waals surface area contributed by atoms with Crippen molar-refractivity contribution in [2.45, 2.75) is 18.9 Å². The highest BCUT2D eigenvalue weighted by Gasteiger charge is 2.37. The van der Waals surface area contributed by atoms with Crippen molar-refractivity contribution >= 4 is 5.84 Å². The Hall–Kier alpha value is -0.570. The summed E-state index contributed by atoms with van der Waals surface area (Å²) in [5, 5.41) is 3.35. The zero-order valence-electron chi connectivity index (χ0n) is 6.18. The third-order valence-corrected chi connectivity index (χ3v) is 2.17. The van der Waals surface area contributed by atoms with E-state index in [1.165, 1.54) is 0 Å². The van der Waals surface area contributed by atoms with Gasteiger partial charge >= 0.3 is 0 Å². The van der Waals surface area contributed by atoms with E-state index >= 15 is 0 Å². The Labute approximate surface area is 60.5 Å². The molecule has 56 valence electrons. The predicted molar refractivity (Wildman–Crippen MR) is 39.3 cm³/mol.